The van der Waals surface area contributed by atoms with E-state index in [1.165, 1.54) is 17.0 Å². The van der Waals surface area contributed by atoms with Crippen molar-refractivity contribution in [3.63, 3.8) is 0 Å². The van der Waals surface area contributed by atoms with Gasteiger partial charge in [-0.3, -0.25) is 19.3 Å². The molecule has 1 amide bonds. The highest BCUT2D eigenvalue weighted by atomic mass is 16.5. The average molecular weight is 423 g/mol. The van der Waals surface area contributed by atoms with Crippen LogP contribution in [0.4, 0.5) is 5.69 Å². The van der Waals surface area contributed by atoms with Crippen LogP contribution in [0.1, 0.15) is 37.9 Å². The Bertz CT molecular complexity index is 1020. The number of carbonyl (C=O) groups is 3. The molecule has 2 aromatic rings. The molecule has 1 aliphatic heterocycles. The van der Waals surface area contributed by atoms with E-state index in [0.717, 1.165) is 0 Å². The first-order chi connectivity index (χ1) is 14.7. The number of aliphatic hydroxyl groups excluding tert-OH is 1. The van der Waals surface area contributed by atoms with Gasteiger partial charge >= 0.3 is 5.97 Å². The van der Waals surface area contributed by atoms with Crippen LogP contribution >= 0.6 is 0 Å². The second-order valence-electron chi connectivity index (χ2n) is 7.60. The first kappa shape index (κ1) is 22.1. The third-order valence-electron chi connectivity index (χ3n) is 5.08. The van der Waals surface area contributed by atoms with Gasteiger partial charge < -0.3 is 14.9 Å². The second kappa shape index (κ2) is 9.04. The highest BCUT2D eigenvalue weighted by Gasteiger charge is 2.44. The molecular weight excluding hydrogens is 398 g/mol. The fourth-order valence-electron chi connectivity index (χ4n) is 3.56. The fourth-order valence-corrected chi connectivity index (χ4v) is 3.56. The standard InChI is InChI=1S/C24H25NO6/c1-4-31-19(27)13-15-5-9-17(10-6-15)25-21(16-7-11-18(26)12-8-16)20(22(28)14(2)3)23(29)24(25)30/h5-12,14,21,26,29H,4,13H2,1-3H3. The number of phenols is 1. The maximum Gasteiger partial charge on any atom is 0.310 e. The average Bonchev–Trinajstić information content (AvgIpc) is 2.99. The largest absolute Gasteiger partial charge is 0.508 e. The van der Waals surface area contributed by atoms with Gasteiger partial charge in [0.25, 0.3) is 5.91 Å². The number of phenolic OH excluding ortho intramolecular Hbond substituents is 1. The predicted octanol–water partition coefficient (Wildman–Crippen LogP) is 3.62. The lowest BCUT2D eigenvalue weighted by atomic mass is 9.91. The van der Waals surface area contributed by atoms with Crippen LogP contribution in [0.5, 0.6) is 5.75 Å². The topological polar surface area (TPSA) is 104 Å². The number of Topliss-reactive ketones (excluding diaryl/α,β-unsaturated/α-hetero) is 1. The lowest BCUT2D eigenvalue weighted by Crippen LogP contribution is -2.31. The molecule has 2 aromatic carbocycles. The number of carbonyl (C=O) groups excluding carboxylic acids is 3. The molecule has 7 heteroatoms. The molecule has 31 heavy (non-hydrogen) atoms. The van der Waals surface area contributed by atoms with Gasteiger partial charge in [0, 0.05) is 11.6 Å². The van der Waals surface area contributed by atoms with Gasteiger partial charge in [0.15, 0.2) is 11.5 Å². The van der Waals surface area contributed by atoms with Crippen molar-refractivity contribution in [2.45, 2.75) is 33.2 Å². The van der Waals surface area contributed by atoms with E-state index < -0.39 is 23.6 Å². The van der Waals surface area contributed by atoms with Crippen LogP contribution in [0.3, 0.4) is 0 Å². The Morgan fingerprint density at radius 3 is 2.19 bits per heavy atom. The number of aliphatic hydroxyl groups is 1. The molecule has 3 rings (SSSR count). The van der Waals surface area contributed by atoms with Gasteiger partial charge in [-0.25, -0.2) is 0 Å². The van der Waals surface area contributed by atoms with E-state index in [2.05, 4.69) is 0 Å². The number of aromatic hydroxyl groups is 1. The zero-order chi connectivity index (χ0) is 22.7. The van der Waals surface area contributed by atoms with Crippen molar-refractivity contribution < 1.29 is 29.3 Å². The number of hydrogen-bond donors (Lipinski definition) is 2. The van der Waals surface area contributed by atoms with Crippen molar-refractivity contribution in [2.75, 3.05) is 11.5 Å². The number of anilines is 1. The van der Waals surface area contributed by atoms with Gasteiger partial charge in [0.05, 0.1) is 24.6 Å². The summed E-state index contributed by atoms with van der Waals surface area (Å²) in [6, 6.07) is 12.0. The molecule has 162 valence electrons. The summed E-state index contributed by atoms with van der Waals surface area (Å²) in [5, 5.41) is 20.2. The van der Waals surface area contributed by atoms with Crippen LogP contribution in [0.2, 0.25) is 0 Å². The van der Waals surface area contributed by atoms with Crippen molar-refractivity contribution in [1.29, 1.82) is 0 Å². The molecule has 0 aliphatic carbocycles. The van der Waals surface area contributed by atoms with E-state index in [1.807, 2.05) is 0 Å². The number of esters is 1. The highest BCUT2D eigenvalue weighted by Crippen LogP contribution is 2.42. The number of amides is 1. The molecule has 1 atom stereocenters. The molecule has 1 unspecified atom stereocenters. The normalized spacial score (nSPS) is 16.2. The van der Waals surface area contributed by atoms with Crippen LogP contribution in [0.25, 0.3) is 0 Å². The van der Waals surface area contributed by atoms with Gasteiger partial charge in [0.2, 0.25) is 0 Å². The summed E-state index contributed by atoms with van der Waals surface area (Å²) in [5.74, 6) is -2.30. The Morgan fingerprint density at radius 1 is 1.03 bits per heavy atom. The van der Waals surface area contributed by atoms with Crippen molar-refractivity contribution >= 4 is 23.3 Å². The molecule has 0 bridgehead atoms. The monoisotopic (exact) mass is 423 g/mol. The second-order valence-corrected chi connectivity index (χ2v) is 7.60. The van der Waals surface area contributed by atoms with Gasteiger partial charge in [-0.15, -0.1) is 0 Å². The summed E-state index contributed by atoms with van der Waals surface area (Å²) >= 11 is 0. The Labute approximate surface area is 180 Å². The Balaban J connectivity index is 2.02. The minimum absolute atomic E-state index is 0.0290. The summed E-state index contributed by atoms with van der Waals surface area (Å²) in [5.41, 5.74) is 1.79. The fraction of sp³-hybridized carbons (Fsp3) is 0.292. The number of benzene rings is 2. The predicted molar refractivity (Wildman–Crippen MR) is 115 cm³/mol. The van der Waals surface area contributed by atoms with Crippen molar-refractivity contribution in [1.82, 2.24) is 0 Å². The number of ether oxygens (including phenoxy) is 1. The van der Waals surface area contributed by atoms with Gasteiger partial charge in [0.1, 0.15) is 5.75 Å². The Morgan fingerprint density at radius 2 is 1.65 bits per heavy atom. The number of nitrogens with zero attached hydrogens (tertiary/aromatic N) is 1. The van der Waals surface area contributed by atoms with E-state index in [9.17, 15) is 24.6 Å². The highest BCUT2D eigenvalue weighted by molar-refractivity contribution is 6.16. The number of hydrogen-bond acceptors (Lipinski definition) is 6. The van der Waals surface area contributed by atoms with E-state index in [1.54, 1.807) is 57.2 Å². The summed E-state index contributed by atoms with van der Waals surface area (Å²) < 4.78 is 4.95. The van der Waals surface area contributed by atoms with Crippen LogP contribution in [-0.4, -0.2) is 34.5 Å². The maximum absolute atomic E-state index is 13.0. The summed E-state index contributed by atoms with van der Waals surface area (Å²) in [6.07, 6.45) is 0.101. The lowest BCUT2D eigenvalue weighted by Gasteiger charge is -2.27. The molecule has 0 fully saturated rings. The first-order valence-corrected chi connectivity index (χ1v) is 10.1. The van der Waals surface area contributed by atoms with Crippen LogP contribution in [-0.2, 0) is 25.5 Å². The molecule has 1 heterocycles. The summed E-state index contributed by atoms with van der Waals surface area (Å²) in [4.78, 5) is 38.9. The molecule has 7 nitrogen and oxygen atoms in total. The maximum atomic E-state index is 13.0. The van der Waals surface area contributed by atoms with E-state index >= 15 is 0 Å². The first-order valence-electron chi connectivity index (χ1n) is 10.1. The third-order valence-corrected chi connectivity index (χ3v) is 5.08. The zero-order valence-electron chi connectivity index (χ0n) is 17.7. The van der Waals surface area contributed by atoms with Crippen LogP contribution in [0.15, 0.2) is 59.9 Å². The SMILES string of the molecule is CCOC(=O)Cc1ccc(N2C(=O)C(O)=C(C(=O)C(C)C)C2c2ccc(O)cc2)cc1. The van der Waals surface area contributed by atoms with Crippen LogP contribution < -0.4 is 4.90 Å². The van der Waals surface area contributed by atoms with E-state index in [4.69, 9.17) is 4.74 Å². The molecule has 0 saturated carbocycles. The molecule has 0 aromatic heterocycles. The Kier molecular flexibility index (Phi) is 6.44. The molecular formula is C24H25NO6. The minimum Gasteiger partial charge on any atom is -0.508 e. The molecule has 2 N–H and O–H groups in total. The zero-order valence-corrected chi connectivity index (χ0v) is 17.7. The third kappa shape index (κ3) is 4.45. The van der Waals surface area contributed by atoms with Gasteiger partial charge in [-0.1, -0.05) is 38.1 Å². The van der Waals surface area contributed by atoms with Crippen LogP contribution in [0, 0.1) is 5.92 Å². The number of ketones is 1. The quantitative estimate of drug-likeness (QED) is 0.659. The molecule has 0 saturated heterocycles. The molecule has 0 spiro atoms. The number of rotatable bonds is 7. The minimum atomic E-state index is -0.834. The molecule has 0 radical (unpaired) electrons. The van der Waals surface area contributed by atoms with Crippen molar-refractivity contribution in [3.05, 3.63) is 71.0 Å². The van der Waals surface area contributed by atoms with Crippen molar-refractivity contribution in [3.8, 4) is 5.75 Å². The Hall–Kier alpha value is -3.61. The van der Waals surface area contributed by atoms with E-state index in [-0.39, 0.29) is 29.5 Å². The molecule has 1 aliphatic rings. The smallest absolute Gasteiger partial charge is 0.310 e. The summed E-state index contributed by atoms with van der Waals surface area (Å²) in [6.45, 7) is 5.44. The summed E-state index contributed by atoms with van der Waals surface area (Å²) in [7, 11) is 0. The van der Waals surface area contributed by atoms with E-state index in [0.29, 0.717) is 23.4 Å². The van der Waals surface area contributed by atoms with Crippen molar-refractivity contribution in [2.24, 2.45) is 5.92 Å². The van der Waals surface area contributed by atoms with Gasteiger partial charge in [-0.2, -0.15) is 0 Å². The lowest BCUT2D eigenvalue weighted by molar-refractivity contribution is -0.142. The van der Waals surface area contributed by atoms with Gasteiger partial charge in [-0.05, 0) is 42.3 Å².